The lowest BCUT2D eigenvalue weighted by molar-refractivity contribution is 0.0873. The lowest BCUT2D eigenvalue weighted by atomic mass is 9.85. The topological polar surface area (TPSA) is 74.8 Å². The van der Waals surface area contributed by atoms with Gasteiger partial charge in [-0.1, -0.05) is 69.6 Å². The highest BCUT2D eigenvalue weighted by Gasteiger charge is 2.41. The van der Waals surface area contributed by atoms with Crippen LogP contribution in [0.4, 0.5) is 11.4 Å². The first kappa shape index (κ1) is 25.4. The average molecular weight is 625 g/mol. The third-order valence-electron chi connectivity index (χ3n) is 6.35. The largest absolute Gasteiger partial charge is 0.268 e. The van der Waals surface area contributed by atoms with Gasteiger partial charge in [-0.2, -0.15) is 0 Å². The summed E-state index contributed by atoms with van der Waals surface area (Å²) < 4.78 is 0. The molecule has 188 valence electrons. The molecule has 0 spiro atoms. The first-order valence-corrected chi connectivity index (χ1v) is 12.9. The van der Waals surface area contributed by atoms with Crippen molar-refractivity contribution in [3.63, 3.8) is 0 Å². The standard InChI is InChI=1S/C26H8Cl6N2O4/c27-15-5-9(6-16(28)21(15)31)33-23(35)11-1-2-12-20-14(4-3-13(19(11)20)25(33)37)26(38)34(24(12)36)10-7-17(29)22(32)18(30)8-10/h1-8H. The lowest BCUT2D eigenvalue weighted by Crippen LogP contribution is -2.43. The van der Waals surface area contributed by atoms with Crippen LogP contribution in [-0.4, -0.2) is 23.6 Å². The van der Waals surface area contributed by atoms with Crippen LogP contribution in [0.5, 0.6) is 0 Å². The number of hydrogen-bond donors (Lipinski definition) is 0. The Balaban J connectivity index is 1.54. The van der Waals surface area contributed by atoms with Gasteiger partial charge in [0.05, 0.1) is 41.5 Å². The maximum Gasteiger partial charge on any atom is 0.265 e. The average Bonchev–Trinajstić information content (AvgIpc) is 2.87. The zero-order valence-electron chi connectivity index (χ0n) is 18.4. The van der Waals surface area contributed by atoms with E-state index in [1.54, 1.807) is 0 Å². The summed E-state index contributed by atoms with van der Waals surface area (Å²) >= 11 is 36.6. The smallest absolute Gasteiger partial charge is 0.265 e. The summed E-state index contributed by atoms with van der Waals surface area (Å²) in [7, 11) is 0. The Morgan fingerprint density at radius 1 is 0.421 bits per heavy atom. The normalized spacial score (nSPS) is 14.7. The highest BCUT2D eigenvalue weighted by atomic mass is 35.5. The predicted molar refractivity (Wildman–Crippen MR) is 149 cm³/mol. The quantitative estimate of drug-likeness (QED) is 0.166. The van der Waals surface area contributed by atoms with Gasteiger partial charge in [-0.25, -0.2) is 9.80 Å². The van der Waals surface area contributed by atoms with Gasteiger partial charge in [0.15, 0.2) is 0 Å². The molecule has 0 fully saturated rings. The molecule has 0 N–H and O–H groups in total. The van der Waals surface area contributed by atoms with Gasteiger partial charge in [0.2, 0.25) is 0 Å². The highest BCUT2D eigenvalue weighted by molar-refractivity contribution is 6.50. The summed E-state index contributed by atoms with van der Waals surface area (Å²) in [6, 6.07) is 11.1. The van der Waals surface area contributed by atoms with Crippen molar-refractivity contribution in [2.45, 2.75) is 0 Å². The van der Waals surface area contributed by atoms with Gasteiger partial charge in [-0.3, -0.25) is 19.2 Å². The summed E-state index contributed by atoms with van der Waals surface area (Å²) in [6.07, 6.45) is 0. The van der Waals surface area contributed by atoms with E-state index in [-0.39, 0.29) is 74.5 Å². The van der Waals surface area contributed by atoms with E-state index in [1.807, 2.05) is 0 Å². The molecule has 12 heteroatoms. The van der Waals surface area contributed by atoms with Gasteiger partial charge < -0.3 is 0 Å². The molecule has 2 aliphatic rings. The first-order valence-electron chi connectivity index (χ1n) is 10.7. The molecule has 4 amide bonds. The monoisotopic (exact) mass is 622 g/mol. The van der Waals surface area contributed by atoms with Crippen molar-refractivity contribution in [3.05, 3.63) is 101 Å². The summed E-state index contributed by atoms with van der Waals surface area (Å²) in [5, 5.41) is 0.801. The van der Waals surface area contributed by atoms with Crippen LogP contribution < -0.4 is 9.80 Å². The minimum absolute atomic E-state index is 0.0597. The molecule has 0 unspecified atom stereocenters. The fourth-order valence-corrected chi connectivity index (χ4v) is 5.86. The van der Waals surface area contributed by atoms with Crippen molar-refractivity contribution >= 4 is 115 Å². The van der Waals surface area contributed by atoms with Crippen molar-refractivity contribution in [1.29, 1.82) is 0 Å². The molecule has 0 aromatic heterocycles. The first-order chi connectivity index (χ1) is 18.0. The van der Waals surface area contributed by atoms with Gasteiger partial charge in [-0.05, 0) is 48.5 Å². The summed E-state index contributed by atoms with van der Waals surface area (Å²) in [5.74, 6) is -2.73. The number of anilines is 2. The van der Waals surface area contributed by atoms with E-state index in [1.165, 1.54) is 48.5 Å². The van der Waals surface area contributed by atoms with Crippen LogP contribution in [0, 0.1) is 0 Å². The number of rotatable bonds is 2. The Morgan fingerprint density at radius 3 is 0.895 bits per heavy atom. The molecule has 2 heterocycles. The van der Waals surface area contributed by atoms with Crippen molar-refractivity contribution in [1.82, 2.24) is 0 Å². The second-order valence-electron chi connectivity index (χ2n) is 8.41. The maximum absolute atomic E-state index is 13.6. The minimum atomic E-state index is -0.681. The van der Waals surface area contributed by atoms with Crippen LogP contribution in [0.15, 0.2) is 48.5 Å². The Kier molecular flexibility index (Phi) is 5.92. The van der Waals surface area contributed by atoms with Crippen LogP contribution in [0.25, 0.3) is 10.8 Å². The lowest BCUT2D eigenvalue weighted by Gasteiger charge is -2.32. The van der Waals surface area contributed by atoms with Crippen molar-refractivity contribution in [2.24, 2.45) is 0 Å². The van der Waals surface area contributed by atoms with Gasteiger partial charge in [-0.15, -0.1) is 0 Å². The van der Waals surface area contributed by atoms with Crippen LogP contribution >= 0.6 is 69.6 Å². The summed E-state index contributed by atoms with van der Waals surface area (Å²) in [6.45, 7) is 0. The van der Waals surface area contributed by atoms with Crippen molar-refractivity contribution in [2.75, 3.05) is 9.80 Å². The second-order valence-corrected chi connectivity index (χ2v) is 10.8. The van der Waals surface area contributed by atoms with Gasteiger partial charge in [0.1, 0.15) is 0 Å². The number of benzene rings is 4. The molecule has 0 aliphatic carbocycles. The van der Waals surface area contributed by atoms with Gasteiger partial charge >= 0.3 is 0 Å². The van der Waals surface area contributed by atoms with E-state index < -0.39 is 23.6 Å². The van der Waals surface area contributed by atoms with E-state index in [2.05, 4.69) is 0 Å². The molecule has 4 aromatic rings. The molecule has 0 saturated carbocycles. The molecular formula is C26H8Cl6N2O4. The van der Waals surface area contributed by atoms with Gasteiger partial charge in [0, 0.05) is 33.0 Å². The third-order valence-corrected chi connectivity index (χ3v) is 8.74. The predicted octanol–water partition coefficient (Wildman–Crippen LogP) is 8.36. The van der Waals surface area contributed by atoms with Crippen LogP contribution in [-0.2, 0) is 0 Å². The molecule has 6 rings (SSSR count). The van der Waals surface area contributed by atoms with Crippen molar-refractivity contribution < 1.29 is 19.2 Å². The summed E-state index contributed by atoms with van der Waals surface area (Å²) in [5.41, 5.74) is 0.715. The number of carbonyl (C=O) groups excluding carboxylic acids is 4. The molecule has 0 bridgehead atoms. The SMILES string of the molecule is O=C1c2ccc3c4c(ccc(c24)C(=O)N1c1cc(Cl)c(Cl)c(Cl)c1)C(=O)N(c1cc(Cl)c(Cl)c(Cl)c1)C3=O. The minimum Gasteiger partial charge on any atom is -0.268 e. The molecule has 0 radical (unpaired) electrons. The summed E-state index contributed by atoms with van der Waals surface area (Å²) in [4.78, 5) is 56.1. The van der Waals surface area contributed by atoms with Crippen LogP contribution in [0.2, 0.25) is 30.1 Å². The second kappa shape index (κ2) is 8.85. The molecule has 0 saturated heterocycles. The van der Waals surface area contributed by atoms with E-state index in [0.29, 0.717) is 0 Å². The number of amides is 4. The Labute approximate surface area is 244 Å². The number of halogens is 6. The maximum atomic E-state index is 13.6. The molecule has 4 aromatic carbocycles. The third kappa shape index (κ3) is 3.49. The Bertz CT molecular complexity index is 1590. The fourth-order valence-electron chi connectivity index (χ4n) is 4.69. The Hall–Kier alpha value is -2.84. The van der Waals surface area contributed by atoms with E-state index in [4.69, 9.17) is 69.6 Å². The number of hydrogen-bond acceptors (Lipinski definition) is 4. The number of carbonyl (C=O) groups is 4. The van der Waals surface area contributed by atoms with E-state index in [0.717, 1.165) is 9.80 Å². The van der Waals surface area contributed by atoms with E-state index >= 15 is 0 Å². The van der Waals surface area contributed by atoms with Crippen LogP contribution in [0.1, 0.15) is 41.4 Å². The Morgan fingerprint density at radius 2 is 0.658 bits per heavy atom. The molecule has 0 atom stereocenters. The molecule has 2 aliphatic heterocycles. The zero-order chi connectivity index (χ0) is 27.2. The molecular weight excluding hydrogens is 617 g/mol. The van der Waals surface area contributed by atoms with Crippen LogP contribution in [0.3, 0.4) is 0 Å². The van der Waals surface area contributed by atoms with Gasteiger partial charge in [0.25, 0.3) is 23.6 Å². The fraction of sp³-hybridized carbons (Fsp3) is 0. The zero-order valence-corrected chi connectivity index (χ0v) is 22.9. The number of nitrogens with zero attached hydrogens (tertiary/aromatic N) is 2. The van der Waals surface area contributed by atoms with Crippen molar-refractivity contribution in [3.8, 4) is 0 Å². The number of imide groups is 2. The highest BCUT2D eigenvalue weighted by Crippen LogP contribution is 2.43. The molecule has 6 nitrogen and oxygen atoms in total. The van der Waals surface area contributed by atoms with E-state index in [9.17, 15) is 19.2 Å². The molecule has 38 heavy (non-hydrogen) atoms.